The molecule has 1 fully saturated rings. The smallest absolute Gasteiger partial charge is 0.166 e. The van der Waals surface area contributed by atoms with Crippen LogP contribution in [0.15, 0.2) is 42.5 Å². The number of ether oxygens (including phenoxy) is 2. The van der Waals surface area contributed by atoms with E-state index in [1.165, 1.54) is 22.4 Å². The van der Waals surface area contributed by atoms with Gasteiger partial charge in [-0.1, -0.05) is 31.2 Å². The molecule has 3 heterocycles. The molecule has 0 radical (unpaired) electrons. The Kier molecular flexibility index (Phi) is 3.74. The van der Waals surface area contributed by atoms with Gasteiger partial charge in [0, 0.05) is 28.3 Å². The number of hydrogen-bond acceptors (Lipinski definition) is 4. The lowest BCUT2D eigenvalue weighted by Gasteiger charge is -2.57. The number of likely N-dealkylation sites (tertiary alicyclic amines) is 1. The second-order valence-electron chi connectivity index (χ2n) is 9.89. The molecule has 4 atom stereocenters. The van der Waals surface area contributed by atoms with E-state index >= 15 is 0 Å². The first kappa shape index (κ1) is 18.8. The molecule has 0 saturated carbocycles. The van der Waals surface area contributed by atoms with Crippen molar-refractivity contribution in [2.24, 2.45) is 5.92 Å². The van der Waals surface area contributed by atoms with Gasteiger partial charge in [-0.05, 0) is 69.0 Å². The molecule has 7 rings (SSSR count). The number of fused-ring (bicyclic) bond motifs is 2. The topological polar surface area (TPSA) is 39.5 Å². The maximum atomic E-state index is 6.89. The van der Waals surface area contributed by atoms with Crippen LogP contribution in [0.3, 0.4) is 0 Å². The largest absolute Gasteiger partial charge is 0.493 e. The van der Waals surface area contributed by atoms with Crippen LogP contribution in [-0.2, 0) is 24.7 Å². The van der Waals surface area contributed by atoms with Crippen molar-refractivity contribution < 1.29 is 9.47 Å². The quantitative estimate of drug-likeness (QED) is 0.627. The molecule has 0 N–H and O–H groups in total. The number of para-hydroxylation sites is 1. The lowest BCUT2D eigenvalue weighted by Crippen LogP contribution is -2.62. The van der Waals surface area contributed by atoms with Gasteiger partial charge in [-0.3, -0.25) is 0 Å². The Labute approximate surface area is 188 Å². The molecule has 2 aromatic carbocycles. The van der Waals surface area contributed by atoms with Crippen LogP contribution in [0.25, 0.3) is 5.69 Å². The predicted molar refractivity (Wildman–Crippen MR) is 123 cm³/mol. The highest BCUT2D eigenvalue weighted by Gasteiger charge is 2.65. The Hall–Kier alpha value is -2.79. The van der Waals surface area contributed by atoms with Gasteiger partial charge >= 0.3 is 0 Å². The third kappa shape index (κ3) is 2.11. The second kappa shape index (κ2) is 6.38. The number of nitrogens with zero attached hydrogens (tertiary/aromatic N) is 3. The van der Waals surface area contributed by atoms with Crippen LogP contribution in [-0.4, -0.2) is 41.4 Å². The van der Waals surface area contributed by atoms with Crippen LogP contribution in [0.5, 0.6) is 11.5 Å². The lowest BCUT2D eigenvalue weighted by molar-refractivity contribution is -0.0257. The van der Waals surface area contributed by atoms with E-state index in [0.717, 1.165) is 55.1 Å². The molecule has 1 saturated heterocycles. The van der Waals surface area contributed by atoms with Crippen molar-refractivity contribution in [3.63, 3.8) is 0 Å². The van der Waals surface area contributed by atoms with Gasteiger partial charge in [-0.25, -0.2) is 4.68 Å². The summed E-state index contributed by atoms with van der Waals surface area (Å²) in [4.78, 5) is 2.59. The number of piperidine rings is 1. The summed E-state index contributed by atoms with van der Waals surface area (Å²) in [6.07, 6.45) is 4.21. The standard InChI is InChI=1S/C27H29N3O2/c1-4-20-18-15-19-21-14-16-10-11-22(31-3)25-23(16)27(19,12-13-29(21)2)26(32-25)24(18)28-30(20)17-8-6-5-7-9-17/h5-11,19,21,26H,4,12-15H2,1-3H3/t19-,21+,26-,27-/m0/s1. The summed E-state index contributed by atoms with van der Waals surface area (Å²) < 4.78 is 14.8. The summed E-state index contributed by atoms with van der Waals surface area (Å²) in [7, 11) is 4.06. The first-order valence-electron chi connectivity index (χ1n) is 11.9. The molecule has 2 bridgehead atoms. The molecule has 5 nitrogen and oxygen atoms in total. The highest BCUT2D eigenvalue weighted by atomic mass is 16.5. The average molecular weight is 428 g/mol. The maximum Gasteiger partial charge on any atom is 0.166 e. The van der Waals surface area contributed by atoms with Crippen LogP contribution in [0.1, 0.15) is 47.5 Å². The number of methoxy groups -OCH3 is 1. The summed E-state index contributed by atoms with van der Waals surface area (Å²) in [5.41, 5.74) is 7.90. The number of benzene rings is 2. The number of hydrogen-bond donors (Lipinski definition) is 0. The van der Waals surface area contributed by atoms with Gasteiger partial charge < -0.3 is 14.4 Å². The molecule has 1 aromatic heterocycles. The Bertz CT molecular complexity index is 1230. The van der Waals surface area contributed by atoms with Crippen LogP contribution in [0.2, 0.25) is 0 Å². The minimum atomic E-state index is -0.0342. The van der Waals surface area contributed by atoms with Gasteiger partial charge in [0.25, 0.3) is 0 Å². The van der Waals surface area contributed by atoms with E-state index in [1.54, 1.807) is 7.11 Å². The molecular formula is C27H29N3O2. The molecule has 1 spiro atoms. The zero-order valence-electron chi connectivity index (χ0n) is 19.0. The first-order chi connectivity index (χ1) is 15.7. The van der Waals surface area contributed by atoms with Crippen molar-refractivity contribution in [2.45, 2.75) is 50.2 Å². The molecule has 2 aliphatic carbocycles. The molecule has 0 unspecified atom stereocenters. The Morgan fingerprint density at radius 1 is 1.16 bits per heavy atom. The average Bonchev–Trinajstić information content (AvgIpc) is 3.36. The van der Waals surface area contributed by atoms with Crippen molar-refractivity contribution in [2.75, 3.05) is 20.7 Å². The van der Waals surface area contributed by atoms with E-state index in [-0.39, 0.29) is 11.5 Å². The fraction of sp³-hybridized carbons (Fsp3) is 0.444. The van der Waals surface area contributed by atoms with E-state index in [0.29, 0.717) is 12.0 Å². The van der Waals surface area contributed by atoms with Crippen LogP contribution in [0, 0.1) is 5.92 Å². The van der Waals surface area contributed by atoms with Crippen molar-refractivity contribution in [1.82, 2.24) is 14.7 Å². The van der Waals surface area contributed by atoms with E-state index in [2.05, 4.69) is 66.0 Å². The zero-order valence-corrected chi connectivity index (χ0v) is 19.0. The van der Waals surface area contributed by atoms with Gasteiger partial charge in [0.15, 0.2) is 17.6 Å². The van der Waals surface area contributed by atoms with Crippen LogP contribution >= 0.6 is 0 Å². The van der Waals surface area contributed by atoms with Crippen LogP contribution < -0.4 is 9.47 Å². The second-order valence-corrected chi connectivity index (χ2v) is 9.89. The predicted octanol–water partition coefficient (Wildman–Crippen LogP) is 4.25. The van der Waals surface area contributed by atoms with Crippen LogP contribution in [0.4, 0.5) is 0 Å². The molecule has 32 heavy (non-hydrogen) atoms. The number of aromatic nitrogens is 2. The Balaban J connectivity index is 1.50. The van der Waals surface area contributed by atoms with E-state index < -0.39 is 0 Å². The van der Waals surface area contributed by atoms with Gasteiger partial charge in [0.05, 0.1) is 12.8 Å². The van der Waals surface area contributed by atoms with E-state index in [1.807, 2.05) is 0 Å². The molecular weight excluding hydrogens is 398 g/mol. The SMILES string of the molecule is CCc1c2c(nn1-c1ccccc1)[C@@H]1Oc3c(OC)ccc4c3[C@@]13CCN(C)[C@H](C4)[C@@H]3C2. The molecule has 0 amide bonds. The number of rotatable bonds is 3. The van der Waals surface area contributed by atoms with E-state index in [4.69, 9.17) is 14.6 Å². The molecule has 4 aliphatic rings. The lowest BCUT2D eigenvalue weighted by atomic mass is 9.51. The zero-order chi connectivity index (χ0) is 21.6. The molecule has 3 aromatic rings. The third-order valence-corrected chi connectivity index (χ3v) is 8.73. The van der Waals surface area contributed by atoms with Crippen molar-refractivity contribution in [3.8, 4) is 17.2 Å². The minimum Gasteiger partial charge on any atom is -0.493 e. The van der Waals surface area contributed by atoms with Crippen molar-refractivity contribution in [3.05, 3.63) is 70.5 Å². The number of likely N-dealkylation sites (N-methyl/N-ethyl adjacent to an activating group) is 1. The van der Waals surface area contributed by atoms with Crippen molar-refractivity contribution >= 4 is 0 Å². The van der Waals surface area contributed by atoms with Gasteiger partial charge in [-0.15, -0.1) is 0 Å². The highest BCUT2D eigenvalue weighted by molar-refractivity contribution is 5.63. The monoisotopic (exact) mass is 427 g/mol. The Morgan fingerprint density at radius 3 is 2.78 bits per heavy atom. The Morgan fingerprint density at radius 2 is 2.00 bits per heavy atom. The third-order valence-electron chi connectivity index (χ3n) is 8.73. The van der Waals surface area contributed by atoms with Crippen molar-refractivity contribution in [1.29, 1.82) is 0 Å². The summed E-state index contributed by atoms with van der Waals surface area (Å²) >= 11 is 0. The summed E-state index contributed by atoms with van der Waals surface area (Å²) in [6.45, 7) is 3.35. The fourth-order valence-electron chi connectivity index (χ4n) is 7.36. The maximum absolute atomic E-state index is 6.89. The molecule has 2 aliphatic heterocycles. The molecule has 164 valence electrons. The molecule has 5 heteroatoms. The van der Waals surface area contributed by atoms with E-state index in [9.17, 15) is 0 Å². The summed E-state index contributed by atoms with van der Waals surface area (Å²) in [6, 6.07) is 15.5. The normalized spacial score (nSPS) is 29.3. The highest BCUT2D eigenvalue weighted by Crippen LogP contribution is 2.67. The summed E-state index contributed by atoms with van der Waals surface area (Å²) in [5.74, 6) is 2.38. The first-order valence-corrected chi connectivity index (χ1v) is 11.9. The van der Waals surface area contributed by atoms with Gasteiger partial charge in [0.1, 0.15) is 5.69 Å². The summed E-state index contributed by atoms with van der Waals surface area (Å²) in [5, 5.41) is 5.26. The fourth-order valence-corrected chi connectivity index (χ4v) is 7.36. The van der Waals surface area contributed by atoms with Gasteiger partial charge in [0.2, 0.25) is 0 Å². The van der Waals surface area contributed by atoms with Gasteiger partial charge in [-0.2, -0.15) is 5.10 Å². The minimum absolute atomic E-state index is 0.00250.